The minimum atomic E-state index is -3.87. The molecule has 1 aromatic rings. The van der Waals surface area contributed by atoms with Crippen molar-refractivity contribution in [3.05, 3.63) is 32.8 Å². The summed E-state index contributed by atoms with van der Waals surface area (Å²) in [4.78, 5) is 10.2. The van der Waals surface area contributed by atoms with Crippen LogP contribution in [0.25, 0.3) is 0 Å². The number of nitro benzene ring substituents is 1. The number of benzene rings is 1. The lowest BCUT2D eigenvalue weighted by Crippen LogP contribution is -2.44. The Hall–Kier alpha value is -1.22. The van der Waals surface area contributed by atoms with E-state index in [1.807, 2.05) is 0 Å². The van der Waals surface area contributed by atoms with Crippen molar-refractivity contribution in [3.63, 3.8) is 0 Å². The summed E-state index contributed by atoms with van der Waals surface area (Å²) in [5.74, 6) is 0.189. The number of nitro groups is 1. The van der Waals surface area contributed by atoms with Crippen molar-refractivity contribution < 1.29 is 13.3 Å². The first kappa shape index (κ1) is 18.1. The van der Waals surface area contributed by atoms with E-state index in [-0.39, 0.29) is 33.1 Å². The Labute approximate surface area is 140 Å². The van der Waals surface area contributed by atoms with Crippen molar-refractivity contribution in [1.29, 1.82) is 0 Å². The van der Waals surface area contributed by atoms with E-state index in [1.165, 1.54) is 13.0 Å². The van der Waals surface area contributed by atoms with Gasteiger partial charge in [-0.3, -0.25) is 10.1 Å². The molecule has 0 bridgehead atoms. The minimum Gasteiger partial charge on any atom is -0.316 e. The first-order chi connectivity index (χ1) is 10.7. The summed E-state index contributed by atoms with van der Waals surface area (Å²) in [6, 6.07) is 2.03. The predicted octanol–water partition coefficient (Wildman–Crippen LogP) is 2.22. The molecule has 23 heavy (non-hydrogen) atoms. The van der Waals surface area contributed by atoms with Crippen LogP contribution < -0.4 is 10.0 Å². The lowest BCUT2D eigenvalue weighted by molar-refractivity contribution is -0.385. The maximum absolute atomic E-state index is 12.5. The van der Waals surface area contributed by atoms with Crippen LogP contribution in [-0.2, 0) is 10.0 Å². The van der Waals surface area contributed by atoms with Gasteiger partial charge in [-0.15, -0.1) is 0 Å². The molecule has 2 N–H and O–H groups in total. The van der Waals surface area contributed by atoms with Gasteiger partial charge in [0.1, 0.15) is 0 Å². The Morgan fingerprint density at radius 1 is 1.48 bits per heavy atom. The third kappa shape index (κ3) is 4.20. The fraction of sp³-hybridized carbons (Fsp3) is 0.571. The number of hydrogen-bond donors (Lipinski definition) is 2. The van der Waals surface area contributed by atoms with Crippen LogP contribution in [0.4, 0.5) is 5.69 Å². The van der Waals surface area contributed by atoms with Crippen molar-refractivity contribution in [1.82, 2.24) is 10.0 Å². The van der Waals surface area contributed by atoms with E-state index in [0.29, 0.717) is 0 Å². The van der Waals surface area contributed by atoms with E-state index < -0.39 is 14.9 Å². The Morgan fingerprint density at radius 3 is 2.74 bits per heavy atom. The molecule has 0 aliphatic carbocycles. The van der Waals surface area contributed by atoms with Crippen LogP contribution >= 0.6 is 11.6 Å². The Morgan fingerprint density at radius 2 is 2.17 bits per heavy atom. The van der Waals surface area contributed by atoms with Gasteiger partial charge in [-0.05, 0) is 51.8 Å². The van der Waals surface area contributed by atoms with Crippen LogP contribution in [0.5, 0.6) is 0 Å². The topological polar surface area (TPSA) is 101 Å². The second-order valence-corrected chi connectivity index (χ2v) is 7.94. The second kappa shape index (κ2) is 7.12. The van der Waals surface area contributed by atoms with Crippen LogP contribution in [-0.4, -0.2) is 32.5 Å². The molecule has 0 spiro atoms. The van der Waals surface area contributed by atoms with Crippen LogP contribution in [0.15, 0.2) is 17.0 Å². The largest absolute Gasteiger partial charge is 0.316 e. The van der Waals surface area contributed by atoms with Crippen molar-refractivity contribution in [2.24, 2.45) is 5.92 Å². The molecule has 2 unspecified atom stereocenters. The molecule has 0 amide bonds. The molecule has 0 radical (unpaired) electrons. The average molecular weight is 362 g/mol. The van der Waals surface area contributed by atoms with E-state index in [0.717, 1.165) is 32.0 Å². The zero-order valence-electron chi connectivity index (χ0n) is 13.0. The van der Waals surface area contributed by atoms with Gasteiger partial charge in [-0.2, -0.15) is 0 Å². The number of hydrogen-bond acceptors (Lipinski definition) is 5. The van der Waals surface area contributed by atoms with Gasteiger partial charge in [-0.1, -0.05) is 11.6 Å². The highest BCUT2D eigenvalue weighted by molar-refractivity contribution is 7.89. The molecule has 1 fully saturated rings. The van der Waals surface area contributed by atoms with E-state index in [9.17, 15) is 18.5 Å². The van der Waals surface area contributed by atoms with Crippen LogP contribution in [0.1, 0.15) is 25.3 Å². The van der Waals surface area contributed by atoms with Crippen molar-refractivity contribution in [2.75, 3.05) is 13.1 Å². The number of piperidine rings is 1. The standard InChI is InChI=1S/C14H20ClN3O4S/c1-9-13(15)6-12(7-14(9)18(19)20)23(21,22)17-10(2)11-4-3-5-16-8-11/h6-7,10-11,16-17H,3-5,8H2,1-2H3. The summed E-state index contributed by atoms with van der Waals surface area (Å²) < 4.78 is 27.6. The molecule has 0 aromatic heterocycles. The summed E-state index contributed by atoms with van der Waals surface area (Å²) in [5.41, 5.74) is -0.0509. The van der Waals surface area contributed by atoms with Gasteiger partial charge < -0.3 is 5.32 Å². The molecule has 0 saturated carbocycles. The normalized spacial score (nSPS) is 20.2. The maximum atomic E-state index is 12.5. The van der Waals surface area contributed by atoms with Gasteiger partial charge in [0.15, 0.2) is 0 Å². The lowest BCUT2D eigenvalue weighted by Gasteiger charge is -2.28. The summed E-state index contributed by atoms with van der Waals surface area (Å²) >= 11 is 5.95. The fourth-order valence-corrected chi connectivity index (χ4v) is 4.34. The fourth-order valence-electron chi connectivity index (χ4n) is 2.70. The number of nitrogens with one attached hydrogen (secondary N) is 2. The SMILES string of the molecule is Cc1c(Cl)cc(S(=O)(=O)NC(C)C2CCCNC2)cc1[N+](=O)[O-]. The van der Waals surface area contributed by atoms with Gasteiger partial charge in [-0.25, -0.2) is 13.1 Å². The first-order valence-corrected chi connectivity index (χ1v) is 9.26. The van der Waals surface area contributed by atoms with E-state index >= 15 is 0 Å². The van der Waals surface area contributed by atoms with Crippen molar-refractivity contribution in [3.8, 4) is 0 Å². The lowest BCUT2D eigenvalue weighted by atomic mass is 9.94. The molecule has 2 atom stereocenters. The van der Waals surface area contributed by atoms with Gasteiger partial charge in [0.2, 0.25) is 10.0 Å². The number of rotatable bonds is 5. The van der Waals surface area contributed by atoms with Crippen molar-refractivity contribution in [2.45, 2.75) is 37.6 Å². The summed E-state index contributed by atoms with van der Waals surface area (Å²) in [6.07, 6.45) is 1.93. The Balaban J connectivity index is 2.27. The minimum absolute atomic E-state index is 0.0616. The third-order valence-electron chi connectivity index (χ3n) is 4.18. The zero-order valence-corrected chi connectivity index (χ0v) is 14.6. The highest BCUT2D eigenvalue weighted by atomic mass is 35.5. The van der Waals surface area contributed by atoms with Crippen LogP contribution in [0.2, 0.25) is 5.02 Å². The van der Waals surface area contributed by atoms with Crippen molar-refractivity contribution >= 4 is 27.3 Å². The van der Waals surface area contributed by atoms with E-state index in [2.05, 4.69) is 10.0 Å². The second-order valence-electron chi connectivity index (χ2n) is 5.82. The quantitative estimate of drug-likeness (QED) is 0.618. The molecule has 128 valence electrons. The van der Waals surface area contributed by atoms with Gasteiger partial charge >= 0.3 is 0 Å². The zero-order chi connectivity index (χ0) is 17.2. The van der Waals surface area contributed by atoms with Crippen LogP contribution in [0.3, 0.4) is 0 Å². The predicted molar refractivity (Wildman–Crippen MR) is 88.2 cm³/mol. The van der Waals surface area contributed by atoms with Gasteiger partial charge in [0.25, 0.3) is 5.69 Å². The third-order valence-corrected chi connectivity index (χ3v) is 6.11. The molecule has 2 rings (SSSR count). The monoisotopic (exact) mass is 361 g/mol. The molecule has 1 saturated heterocycles. The van der Waals surface area contributed by atoms with E-state index in [1.54, 1.807) is 6.92 Å². The molecule has 1 aliphatic heterocycles. The van der Waals surface area contributed by atoms with Gasteiger partial charge in [0, 0.05) is 17.7 Å². The average Bonchev–Trinajstić information content (AvgIpc) is 2.49. The van der Waals surface area contributed by atoms with E-state index in [4.69, 9.17) is 11.6 Å². The number of nitrogens with zero attached hydrogens (tertiary/aromatic N) is 1. The summed E-state index contributed by atoms with van der Waals surface area (Å²) in [7, 11) is -3.87. The van der Waals surface area contributed by atoms with Gasteiger partial charge in [0.05, 0.1) is 14.8 Å². The van der Waals surface area contributed by atoms with Crippen LogP contribution in [0, 0.1) is 23.0 Å². The Kier molecular flexibility index (Phi) is 5.61. The molecular weight excluding hydrogens is 342 g/mol. The molecule has 1 aliphatic rings. The highest BCUT2D eigenvalue weighted by Gasteiger charge is 2.27. The first-order valence-electron chi connectivity index (χ1n) is 7.40. The number of sulfonamides is 1. The summed E-state index contributed by atoms with van der Waals surface area (Å²) in [5, 5.41) is 14.3. The smallest absolute Gasteiger partial charge is 0.275 e. The molecule has 9 heteroatoms. The highest BCUT2D eigenvalue weighted by Crippen LogP contribution is 2.30. The molecular formula is C14H20ClN3O4S. The molecule has 1 heterocycles. The molecule has 1 aromatic carbocycles. The Bertz CT molecular complexity index is 702. The molecule has 7 nitrogen and oxygen atoms in total. The summed E-state index contributed by atoms with van der Waals surface area (Å²) in [6.45, 7) is 4.98. The maximum Gasteiger partial charge on any atom is 0.275 e. The number of halogens is 1.